The Morgan fingerprint density at radius 3 is 2.11 bits per heavy atom. The van der Waals surface area contributed by atoms with Crippen molar-refractivity contribution in [3.8, 4) is 11.5 Å². The normalized spacial score (nSPS) is 10.6. The van der Waals surface area contributed by atoms with E-state index in [1.807, 2.05) is 6.07 Å². The van der Waals surface area contributed by atoms with E-state index in [2.05, 4.69) is 80.0 Å². The van der Waals surface area contributed by atoms with Gasteiger partial charge in [0.25, 0.3) is 0 Å². The number of hydrogen-bond donors (Lipinski definition) is 0. The van der Waals surface area contributed by atoms with Gasteiger partial charge in [0.05, 0.1) is 0 Å². The molecule has 0 unspecified atom stereocenters. The van der Waals surface area contributed by atoms with E-state index in [4.69, 9.17) is 0 Å². The van der Waals surface area contributed by atoms with Crippen molar-refractivity contribution in [3.63, 3.8) is 0 Å². The Kier molecular flexibility index (Phi) is 3.69. The minimum atomic E-state index is -1.65. The largest absolute Gasteiger partial charge is 0.163 e. The van der Waals surface area contributed by atoms with Gasteiger partial charge < -0.3 is 0 Å². The maximum absolute atomic E-state index is 3.52. The predicted octanol–water partition coefficient (Wildman–Crippen LogP) is 3.50. The first-order valence-electron chi connectivity index (χ1n) is 6.24. The van der Waals surface area contributed by atoms with Gasteiger partial charge in [-0.2, -0.15) is 0 Å². The molecule has 0 aromatic heterocycles. The monoisotopic (exact) mass is 250 g/mol. The molecule has 0 heterocycles. The topological polar surface area (TPSA) is 0 Å². The lowest BCUT2D eigenvalue weighted by Crippen LogP contribution is -2.39. The van der Waals surface area contributed by atoms with Gasteiger partial charge in [0.15, 0.2) is 8.07 Å². The fourth-order valence-corrected chi connectivity index (χ4v) is 3.48. The number of rotatable bonds is 1. The van der Waals surface area contributed by atoms with Gasteiger partial charge in [0, 0.05) is 5.56 Å². The Morgan fingerprint density at radius 1 is 0.833 bits per heavy atom. The summed E-state index contributed by atoms with van der Waals surface area (Å²) >= 11 is 0. The van der Waals surface area contributed by atoms with Crippen LogP contribution < -0.4 is 5.19 Å². The second-order valence-electron chi connectivity index (χ2n) is 5.06. The summed E-state index contributed by atoms with van der Waals surface area (Å²) in [5, 5.41) is 1.39. The van der Waals surface area contributed by atoms with E-state index >= 15 is 0 Å². The molecule has 0 N–H and O–H groups in total. The summed E-state index contributed by atoms with van der Waals surface area (Å²) in [6.07, 6.45) is 0. The first kappa shape index (κ1) is 12.7. The van der Waals surface area contributed by atoms with Crippen LogP contribution in [0.5, 0.6) is 0 Å². The van der Waals surface area contributed by atoms with Crippen LogP contribution in [0.25, 0.3) is 0 Å². The van der Waals surface area contributed by atoms with Crippen LogP contribution >= 0.6 is 0 Å². The van der Waals surface area contributed by atoms with Gasteiger partial charge in [-0.3, -0.25) is 0 Å². The van der Waals surface area contributed by atoms with Gasteiger partial charge in [-0.25, -0.2) is 0 Å². The molecular weight excluding hydrogens is 232 g/mol. The quantitative estimate of drug-likeness (QED) is 0.537. The van der Waals surface area contributed by atoms with Crippen LogP contribution in [0.4, 0.5) is 0 Å². The third-order valence-electron chi connectivity index (χ3n) is 3.15. The highest BCUT2D eigenvalue weighted by atomic mass is 28.3. The van der Waals surface area contributed by atoms with Crippen LogP contribution in [0.1, 0.15) is 11.1 Å². The van der Waals surface area contributed by atoms with E-state index in [0.717, 1.165) is 5.56 Å². The standard InChI is InChI=1S/C17H18Si/c1-15-9-7-8-10-16(15)13-14-18(2,3)17-11-5-4-6-12-17/h4-12H,1-3H3. The van der Waals surface area contributed by atoms with Crippen molar-refractivity contribution in [1.29, 1.82) is 0 Å². The molecule has 0 nitrogen and oxygen atoms in total. The summed E-state index contributed by atoms with van der Waals surface area (Å²) in [4.78, 5) is 0. The van der Waals surface area contributed by atoms with Crippen LogP contribution in [0.15, 0.2) is 54.6 Å². The molecule has 0 saturated heterocycles. The van der Waals surface area contributed by atoms with Crippen molar-refractivity contribution in [3.05, 3.63) is 65.7 Å². The number of hydrogen-bond acceptors (Lipinski definition) is 0. The van der Waals surface area contributed by atoms with Gasteiger partial charge in [-0.1, -0.05) is 67.5 Å². The minimum absolute atomic E-state index is 1.15. The highest BCUT2D eigenvalue weighted by Crippen LogP contribution is 2.07. The van der Waals surface area contributed by atoms with E-state index in [9.17, 15) is 0 Å². The molecule has 90 valence electrons. The maximum atomic E-state index is 3.52. The van der Waals surface area contributed by atoms with Crippen molar-refractivity contribution < 1.29 is 0 Å². The van der Waals surface area contributed by atoms with Crippen LogP contribution in [0, 0.1) is 18.4 Å². The third kappa shape index (κ3) is 2.91. The lowest BCUT2D eigenvalue weighted by molar-refractivity contribution is 1.44. The van der Waals surface area contributed by atoms with E-state index < -0.39 is 8.07 Å². The maximum Gasteiger partial charge on any atom is 0.163 e. The molecule has 0 fully saturated rings. The molecule has 2 aromatic carbocycles. The van der Waals surface area contributed by atoms with Gasteiger partial charge in [0.1, 0.15) is 0 Å². The van der Waals surface area contributed by atoms with Crippen molar-refractivity contribution in [1.82, 2.24) is 0 Å². The van der Waals surface area contributed by atoms with E-state index in [1.54, 1.807) is 0 Å². The lowest BCUT2D eigenvalue weighted by Gasteiger charge is -2.14. The zero-order chi connectivity index (χ0) is 13.0. The number of aryl methyl sites for hydroxylation is 1. The molecule has 0 aliphatic heterocycles. The zero-order valence-electron chi connectivity index (χ0n) is 11.2. The molecule has 0 atom stereocenters. The van der Waals surface area contributed by atoms with Crippen LogP contribution in [0.2, 0.25) is 13.1 Å². The Bertz CT molecular complexity index is 586. The molecule has 0 spiro atoms. The average molecular weight is 250 g/mol. The van der Waals surface area contributed by atoms with Crippen molar-refractivity contribution >= 4 is 13.3 Å². The molecule has 1 heteroatoms. The molecule has 18 heavy (non-hydrogen) atoms. The van der Waals surface area contributed by atoms with Crippen molar-refractivity contribution in [2.45, 2.75) is 20.0 Å². The smallest absolute Gasteiger partial charge is 0.121 e. The Hall–Kier alpha value is -1.78. The Morgan fingerprint density at radius 2 is 1.44 bits per heavy atom. The third-order valence-corrected chi connectivity index (χ3v) is 5.68. The van der Waals surface area contributed by atoms with E-state index in [1.165, 1.54) is 10.8 Å². The fourth-order valence-electron chi connectivity index (χ4n) is 1.86. The summed E-state index contributed by atoms with van der Waals surface area (Å²) in [7, 11) is -1.65. The van der Waals surface area contributed by atoms with Gasteiger partial charge in [-0.15, -0.1) is 5.54 Å². The van der Waals surface area contributed by atoms with Crippen molar-refractivity contribution in [2.24, 2.45) is 0 Å². The minimum Gasteiger partial charge on any atom is -0.121 e. The van der Waals surface area contributed by atoms with Crippen molar-refractivity contribution in [2.75, 3.05) is 0 Å². The van der Waals surface area contributed by atoms with Crippen LogP contribution in [-0.2, 0) is 0 Å². The summed E-state index contributed by atoms with van der Waals surface area (Å²) < 4.78 is 0. The molecule has 0 radical (unpaired) electrons. The zero-order valence-corrected chi connectivity index (χ0v) is 12.2. The molecule has 0 bridgehead atoms. The summed E-state index contributed by atoms with van der Waals surface area (Å²) in [5.74, 6) is 3.36. The summed E-state index contributed by atoms with van der Waals surface area (Å²) in [6, 6.07) is 19.0. The SMILES string of the molecule is Cc1ccccc1C#C[Si](C)(C)c1ccccc1. The fraction of sp³-hybridized carbons (Fsp3) is 0.176. The Labute approximate surface area is 111 Å². The molecule has 2 rings (SSSR count). The van der Waals surface area contributed by atoms with Gasteiger partial charge in [0.2, 0.25) is 0 Å². The first-order chi connectivity index (χ1) is 8.59. The first-order valence-corrected chi connectivity index (χ1v) is 9.24. The number of benzene rings is 2. The highest BCUT2D eigenvalue weighted by Gasteiger charge is 2.20. The second kappa shape index (κ2) is 5.24. The van der Waals surface area contributed by atoms with E-state index in [-0.39, 0.29) is 0 Å². The highest BCUT2D eigenvalue weighted by molar-refractivity contribution is 6.96. The Balaban J connectivity index is 2.33. The lowest BCUT2D eigenvalue weighted by atomic mass is 10.1. The van der Waals surface area contributed by atoms with Gasteiger partial charge in [-0.05, 0) is 23.7 Å². The molecule has 2 aromatic rings. The molecule has 0 saturated carbocycles. The predicted molar refractivity (Wildman–Crippen MR) is 81.6 cm³/mol. The summed E-state index contributed by atoms with van der Waals surface area (Å²) in [6.45, 7) is 6.71. The molecule has 0 aliphatic carbocycles. The van der Waals surface area contributed by atoms with Gasteiger partial charge >= 0.3 is 0 Å². The molecular formula is C17H18Si. The molecule has 0 aliphatic rings. The van der Waals surface area contributed by atoms with Crippen LogP contribution in [-0.4, -0.2) is 8.07 Å². The average Bonchev–Trinajstić information content (AvgIpc) is 2.39. The summed E-state index contributed by atoms with van der Waals surface area (Å²) in [5.41, 5.74) is 5.92. The second-order valence-corrected chi connectivity index (χ2v) is 9.13. The van der Waals surface area contributed by atoms with E-state index in [0.29, 0.717) is 0 Å². The van der Waals surface area contributed by atoms with Crippen LogP contribution in [0.3, 0.4) is 0 Å². The molecule has 0 amide bonds.